The van der Waals surface area contributed by atoms with Crippen LogP contribution in [0.4, 0.5) is 5.82 Å². The monoisotopic (exact) mass is 264 g/mol. The summed E-state index contributed by atoms with van der Waals surface area (Å²) in [4.78, 5) is 8.41. The second kappa shape index (κ2) is 4.81. The summed E-state index contributed by atoms with van der Waals surface area (Å²) in [6.07, 6.45) is 5.43. The first-order valence-corrected chi connectivity index (χ1v) is 6.47. The summed E-state index contributed by atoms with van der Waals surface area (Å²) >= 11 is 0. The van der Waals surface area contributed by atoms with E-state index in [9.17, 15) is 0 Å². The maximum Gasteiger partial charge on any atom is 0.123 e. The summed E-state index contributed by atoms with van der Waals surface area (Å²) < 4.78 is 2.07. The van der Waals surface area contributed by atoms with Crippen LogP contribution in [-0.2, 0) is 0 Å². The molecule has 2 aromatic heterocycles. The summed E-state index contributed by atoms with van der Waals surface area (Å²) in [5.74, 6) is 0.520. The van der Waals surface area contributed by atoms with Crippen molar-refractivity contribution in [2.45, 2.75) is 13.8 Å². The molecule has 0 aliphatic carbocycles. The second-order valence-electron chi connectivity index (χ2n) is 4.91. The van der Waals surface area contributed by atoms with Gasteiger partial charge in [0.1, 0.15) is 5.82 Å². The van der Waals surface area contributed by atoms with Gasteiger partial charge in [-0.3, -0.25) is 4.57 Å². The Bertz CT molecular complexity index is 741. The topological polar surface area (TPSA) is 56.7 Å². The SMILES string of the molecule is Cc1ccc(-n2cncc2-c2ccc(N)nc2)c(C)c1. The first-order chi connectivity index (χ1) is 9.65. The molecule has 4 heteroatoms. The molecule has 2 N–H and O–H groups in total. The van der Waals surface area contributed by atoms with Gasteiger partial charge in [0.05, 0.1) is 23.9 Å². The fourth-order valence-electron chi connectivity index (χ4n) is 2.33. The van der Waals surface area contributed by atoms with Crippen molar-refractivity contribution >= 4 is 5.82 Å². The largest absolute Gasteiger partial charge is 0.384 e. The minimum absolute atomic E-state index is 0.520. The molecule has 3 aromatic rings. The highest BCUT2D eigenvalue weighted by atomic mass is 15.1. The number of anilines is 1. The van der Waals surface area contributed by atoms with E-state index in [0.29, 0.717) is 5.82 Å². The average molecular weight is 264 g/mol. The molecule has 0 aliphatic rings. The number of imidazole rings is 1. The third-order valence-corrected chi connectivity index (χ3v) is 3.33. The summed E-state index contributed by atoms with van der Waals surface area (Å²) in [6.45, 7) is 4.20. The average Bonchev–Trinajstić information content (AvgIpc) is 2.88. The molecular weight excluding hydrogens is 248 g/mol. The van der Waals surface area contributed by atoms with Crippen LogP contribution in [-0.4, -0.2) is 14.5 Å². The van der Waals surface area contributed by atoms with Crippen LogP contribution in [0.3, 0.4) is 0 Å². The summed E-state index contributed by atoms with van der Waals surface area (Å²) in [7, 11) is 0. The molecule has 0 saturated carbocycles. The van der Waals surface area contributed by atoms with Gasteiger partial charge in [0.25, 0.3) is 0 Å². The van der Waals surface area contributed by atoms with Gasteiger partial charge in [-0.2, -0.15) is 0 Å². The number of aromatic nitrogens is 3. The van der Waals surface area contributed by atoms with Crippen LogP contribution in [0.2, 0.25) is 0 Å². The molecule has 0 aliphatic heterocycles. The Hall–Kier alpha value is -2.62. The number of hydrogen-bond donors (Lipinski definition) is 1. The van der Waals surface area contributed by atoms with E-state index in [4.69, 9.17) is 5.73 Å². The van der Waals surface area contributed by atoms with Gasteiger partial charge < -0.3 is 5.73 Å². The van der Waals surface area contributed by atoms with E-state index in [1.807, 2.05) is 18.6 Å². The van der Waals surface area contributed by atoms with Gasteiger partial charge in [-0.1, -0.05) is 17.7 Å². The van der Waals surface area contributed by atoms with Gasteiger partial charge in [-0.05, 0) is 37.6 Å². The van der Waals surface area contributed by atoms with Crippen LogP contribution >= 0.6 is 0 Å². The Kier molecular flexibility index (Phi) is 2.99. The molecule has 0 amide bonds. The fourth-order valence-corrected chi connectivity index (χ4v) is 2.33. The number of rotatable bonds is 2. The zero-order valence-corrected chi connectivity index (χ0v) is 11.5. The zero-order chi connectivity index (χ0) is 14.1. The lowest BCUT2D eigenvalue weighted by Gasteiger charge is -2.11. The van der Waals surface area contributed by atoms with Crippen LogP contribution in [0.5, 0.6) is 0 Å². The van der Waals surface area contributed by atoms with E-state index in [0.717, 1.165) is 16.9 Å². The van der Waals surface area contributed by atoms with Gasteiger partial charge in [0, 0.05) is 11.8 Å². The van der Waals surface area contributed by atoms with Crippen molar-refractivity contribution in [2.75, 3.05) is 5.73 Å². The first-order valence-electron chi connectivity index (χ1n) is 6.47. The molecule has 2 heterocycles. The Morgan fingerprint density at radius 1 is 1.05 bits per heavy atom. The quantitative estimate of drug-likeness (QED) is 0.773. The molecule has 0 unspecified atom stereocenters. The summed E-state index contributed by atoms with van der Waals surface area (Å²) in [5.41, 5.74) is 11.2. The Morgan fingerprint density at radius 3 is 2.60 bits per heavy atom. The smallest absolute Gasteiger partial charge is 0.123 e. The Morgan fingerprint density at radius 2 is 1.90 bits per heavy atom. The lowest BCUT2D eigenvalue weighted by Crippen LogP contribution is -1.99. The number of pyridine rings is 1. The fraction of sp³-hybridized carbons (Fsp3) is 0.125. The van der Waals surface area contributed by atoms with Gasteiger partial charge in [-0.25, -0.2) is 9.97 Å². The molecule has 0 radical (unpaired) electrons. The Balaban J connectivity index is 2.12. The third kappa shape index (κ3) is 2.16. The van der Waals surface area contributed by atoms with Crippen molar-refractivity contribution in [3.8, 4) is 16.9 Å². The van der Waals surface area contributed by atoms with Gasteiger partial charge in [-0.15, -0.1) is 0 Å². The first kappa shape index (κ1) is 12.4. The molecule has 100 valence electrons. The van der Waals surface area contributed by atoms with Crippen molar-refractivity contribution < 1.29 is 0 Å². The number of nitrogen functional groups attached to an aromatic ring is 1. The molecule has 1 aromatic carbocycles. The molecule has 0 saturated heterocycles. The number of aryl methyl sites for hydroxylation is 2. The standard InChI is InChI=1S/C16H16N4/c1-11-3-5-14(12(2)7-11)20-10-18-9-15(20)13-4-6-16(17)19-8-13/h3-10H,1-2H3,(H2,17,19). The van der Waals surface area contributed by atoms with Crippen LogP contribution in [0.1, 0.15) is 11.1 Å². The number of hydrogen-bond acceptors (Lipinski definition) is 3. The van der Waals surface area contributed by atoms with E-state index in [2.05, 4.69) is 46.6 Å². The van der Waals surface area contributed by atoms with E-state index in [1.165, 1.54) is 11.1 Å². The predicted molar refractivity (Wildman–Crippen MR) is 80.7 cm³/mol. The minimum atomic E-state index is 0.520. The lowest BCUT2D eigenvalue weighted by molar-refractivity contribution is 1.04. The molecular formula is C16H16N4. The van der Waals surface area contributed by atoms with Crippen LogP contribution in [0.25, 0.3) is 16.9 Å². The van der Waals surface area contributed by atoms with Crippen molar-refractivity contribution in [3.63, 3.8) is 0 Å². The van der Waals surface area contributed by atoms with Crippen molar-refractivity contribution in [2.24, 2.45) is 0 Å². The van der Waals surface area contributed by atoms with Crippen LogP contribution in [0, 0.1) is 13.8 Å². The van der Waals surface area contributed by atoms with Crippen molar-refractivity contribution in [3.05, 3.63) is 60.2 Å². The van der Waals surface area contributed by atoms with Crippen molar-refractivity contribution in [1.82, 2.24) is 14.5 Å². The van der Waals surface area contributed by atoms with E-state index >= 15 is 0 Å². The van der Waals surface area contributed by atoms with E-state index in [-0.39, 0.29) is 0 Å². The molecule has 20 heavy (non-hydrogen) atoms. The highest BCUT2D eigenvalue weighted by molar-refractivity contribution is 5.62. The Labute approximate surface area is 117 Å². The van der Waals surface area contributed by atoms with E-state index < -0.39 is 0 Å². The van der Waals surface area contributed by atoms with E-state index in [1.54, 1.807) is 12.3 Å². The molecule has 3 rings (SSSR count). The number of nitrogens with zero attached hydrogens (tertiary/aromatic N) is 3. The zero-order valence-electron chi connectivity index (χ0n) is 11.5. The molecule has 0 atom stereocenters. The van der Waals surface area contributed by atoms with Gasteiger partial charge in [0.15, 0.2) is 0 Å². The van der Waals surface area contributed by atoms with Crippen LogP contribution in [0.15, 0.2) is 49.1 Å². The van der Waals surface area contributed by atoms with Gasteiger partial charge in [0.2, 0.25) is 0 Å². The lowest BCUT2D eigenvalue weighted by atomic mass is 10.1. The number of benzene rings is 1. The summed E-state index contributed by atoms with van der Waals surface area (Å²) in [5, 5.41) is 0. The third-order valence-electron chi connectivity index (χ3n) is 3.33. The molecule has 4 nitrogen and oxygen atoms in total. The van der Waals surface area contributed by atoms with Crippen molar-refractivity contribution in [1.29, 1.82) is 0 Å². The van der Waals surface area contributed by atoms with Crippen LogP contribution < -0.4 is 5.73 Å². The second-order valence-corrected chi connectivity index (χ2v) is 4.91. The maximum atomic E-state index is 5.64. The summed E-state index contributed by atoms with van der Waals surface area (Å²) in [6, 6.07) is 10.1. The molecule has 0 fully saturated rings. The maximum absolute atomic E-state index is 5.64. The molecule has 0 bridgehead atoms. The highest BCUT2D eigenvalue weighted by Crippen LogP contribution is 2.24. The van der Waals surface area contributed by atoms with Gasteiger partial charge >= 0.3 is 0 Å². The highest BCUT2D eigenvalue weighted by Gasteiger charge is 2.09. The number of nitrogens with two attached hydrogens (primary N) is 1. The minimum Gasteiger partial charge on any atom is -0.384 e. The normalized spacial score (nSPS) is 10.7. The molecule has 0 spiro atoms. The predicted octanol–water partition coefficient (Wildman–Crippen LogP) is 3.13.